The Morgan fingerprint density at radius 1 is 0.750 bits per heavy atom. The molecule has 4 aromatic carbocycles. The molecule has 0 atom stereocenters. The molecule has 0 heterocycles. The highest BCUT2D eigenvalue weighted by Crippen LogP contribution is 2.32. The van der Waals surface area contributed by atoms with Crippen molar-refractivity contribution in [2.45, 2.75) is 0 Å². The lowest BCUT2D eigenvalue weighted by Crippen LogP contribution is -2.04. The average Bonchev–Trinajstić information content (AvgIpc) is 2.66. The molecular weight excluding hydrogens is 296 g/mol. The van der Waals surface area contributed by atoms with Crippen molar-refractivity contribution in [2.75, 3.05) is 7.11 Å². The zero-order valence-electron chi connectivity index (χ0n) is 13.3. The first-order valence-electron chi connectivity index (χ1n) is 7.87. The summed E-state index contributed by atoms with van der Waals surface area (Å²) in [6.07, 6.45) is 0. The minimum atomic E-state index is -0.310. The van der Waals surface area contributed by atoms with Crippen molar-refractivity contribution in [2.24, 2.45) is 0 Å². The Morgan fingerprint density at radius 2 is 1.42 bits per heavy atom. The second-order valence-electron chi connectivity index (χ2n) is 5.76. The van der Waals surface area contributed by atoms with E-state index in [0.717, 1.165) is 27.3 Å². The molecular formula is C22H16O2. The second-order valence-corrected chi connectivity index (χ2v) is 5.76. The smallest absolute Gasteiger partial charge is 0.339 e. The molecule has 0 amide bonds. The molecule has 0 unspecified atom stereocenters. The maximum atomic E-state index is 12.5. The maximum absolute atomic E-state index is 12.5. The summed E-state index contributed by atoms with van der Waals surface area (Å²) < 4.78 is 5.06. The van der Waals surface area contributed by atoms with Crippen LogP contribution in [-0.4, -0.2) is 13.1 Å². The van der Waals surface area contributed by atoms with Crippen LogP contribution in [0.3, 0.4) is 0 Å². The Hall–Kier alpha value is -3.13. The van der Waals surface area contributed by atoms with Gasteiger partial charge in [-0.3, -0.25) is 0 Å². The molecule has 0 aliphatic heterocycles. The Morgan fingerprint density at radius 3 is 2.21 bits per heavy atom. The number of methoxy groups -OCH3 is 1. The first kappa shape index (κ1) is 14.5. The number of carbonyl (C=O) groups is 1. The monoisotopic (exact) mass is 312 g/mol. The van der Waals surface area contributed by atoms with Gasteiger partial charge in [0.2, 0.25) is 0 Å². The number of fused-ring (bicyclic) bond motifs is 2. The number of benzene rings is 4. The molecule has 24 heavy (non-hydrogen) atoms. The predicted molar refractivity (Wildman–Crippen MR) is 98.2 cm³/mol. The van der Waals surface area contributed by atoms with Crippen LogP contribution in [0.5, 0.6) is 0 Å². The van der Waals surface area contributed by atoms with E-state index in [1.807, 2.05) is 48.5 Å². The highest BCUT2D eigenvalue weighted by atomic mass is 16.5. The summed E-state index contributed by atoms with van der Waals surface area (Å²) in [5.74, 6) is -0.310. The molecule has 0 fully saturated rings. The Labute approximate surface area is 140 Å². The third kappa shape index (κ3) is 2.33. The second kappa shape index (κ2) is 5.82. The highest BCUT2D eigenvalue weighted by molar-refractivity contribution is 6.10. The van der Waals surface area contributed by atoms with E-state index in [9.17, 15) is 4.79 Å². The molecule has 0 saturated heterocycles. The van der Waals surface area contributed by atoms with E-state index in [1.165, 1.54) is 12.5 Å². The molecule has 0 bridgehead atoms. The molecule has 0 aromatic heterocycles. The van der Waals surface area contributed by atoms with Gasteiger partial charge in [-0.1, -0.05) is 72.8 Å². The zero-order valence-corrected chi connectivity index (χ0v) is 13.3. The third-order valence-corrected chi connectivity index (χ3v) is 4.38. The van der Waals surface area contributed by atoms with E-state index >= 15 is 0 Å². The number of hydrogen-bond donors (Lipinski definition) is 0. The molecule has 2 nitrogen and oxygen atoms in total. The maximum Gasteiger partial charge on any atom is 0.339 e. The molecule has 0 saturated carbocycles. The number of ether oxygens (including phenoxy) is 1. The van der Waals surface area contributed by atoms with E-state index in [1.54, 1.807) is 0 Å². The van der Waals surface area contributed by atoms with E-state index < -0.39 is 0 Å². The van der Waals surface area contributed by atoms with Gasteiger partial charge in [0.1, 0.15) is 0 Å². The third-order valence-electron chi connectivity index (χ3n) is 4.38. The Kier molecular flexibility index (Phi) is 3.51. The fraction of sp³-hybridized carbons (Fsp3) is 0.0455. The van der Waals surface area contributed by atoms with Crippen LogP contribution in [-0.2, 0) is 4.74 Å². The summed E-state index contributed by atoms with van der Waals surface area (Å²) in [6, 6.07) is 26.4. The lowest BCUT2D eigenvalue weighted by Gasteiger charge is -2.12. The van der Waals surface area contributed by atoms with Crippen LogP contribution in [0.1, 0.15) is 10.4 Å². The van der Waals surface area contributed by atoms with Gasteiger partial charge < -0.3 is 4.74 Å². The minimum absolute atomic E-state index is 0.310. The molecule has 116 valence electrons. The standard InChI is InChI=1S/C22H16O2/c1-24-22(23)21-19-9-5-4-7-16(19)12-13-20(21)18-11-10-15-6-2-3-8-17(15)14-18/h2-14H,1H3. The molecule has 0 aliphatic carbocycles. The molecule has 4 rings (SSSR count). The number of rotatable bonds is 2. The summed E-state index contributed by atoms with van der Waals surface area (Å²) in [6.45, 7) is 0. The van der Waals surface area contributed by atoms with Crippen LogP contribution >= 0.6 is 0 Å². The molecule has 2 heteroatoms. The van der Waals surface area contributed by atoms with Gasteiger partial charge in [0.05, 0.1) is 12.7 Å². The fourth-order valence-corrected chi connectivity index (χ4v) is 3.19. The van der Waals surface area contributed by atoms with Crippen LogP contribution in [0.4, 0.5) is 0 Å². The first-order valence-corrected chi connectivity index (χ1v) is 7.87. The van der Waals surface area contributed by atoms with Crippen LogP contribution in [0.2, 0.25) is 0 Å². The molecule has 4 aromatic rings. The molecule has 0 radical (unpaired) electrons. The van der Waals surface area contributed by atoms with Crippen molar-refractivity contribution in [1.82, 2.24) is 0 Å². The summed E-state index contributed by atoms with van der Waals surface area (Å²) in [5.41, 5.74) is 2.53. The number of esters is 1. The van der Waals surface area contributed by atoms with E-state index in [4.69, 9.17) is 4.74 Å². The van der Waals surface area contributed by atoms with Crippen LogP contribution in [0.25, 0.3) is 32.7 Å². The Bertz CT molecular complexity index is 1060. The van der Waals surface area contributed by atoms with Crippen LogP contribution in [0.15, 0.2) is 78.9 Å². The van der Waals surface area contributed by atoms with Crippen molar-refractivity contribution in [3.63, 3.8) is 0 Å². The minimum Gasteiger partial charge on any atom is -0.465 e. The van der Waals surface area contributed by atoms with E-state index in [-0.39, 0.29) is 5.97 Å². The van der Waals surface area contributed by atoms with Crippen molar-refractivity contribution < 1.29 is 9.53 Å². The van der Waals surface area contributed by atoms with E-state index in [2.05, 4.69) is 30.3 Å². The van der Waals surface area contributed by atoms with Gasteiger partial charge in [-0.25, -0.2) is 4.79 Å². The SMILES string of the molecule is COC(=O)c1c(-c2ccc3ccccc3c2)ccc2ccccc12. The van der Waals surface area contributed by atoms with Crippen molar-refractivity contribution in [1.29, 1.82) is 0 Å². The lowest BCUT2D eigenvalue weighted by atomic mass is 9.93. The van der Waals surface area contributed by atoms with Crippen LogP contribution < -0.4 is 0 Å². The topological polar surface area (TPSA) is 26.3 Å². The largest absolute Gasteiger partial charge is 0.465 e. The van der Waals surface area contributed by atoms with Crippen LogP contribution in [0, 0.1) is 0 Å². The number of carbonyl (C=O) groups excluding carboxylic acids is 1. The van der Waals surface area contributed by atoms with Gasteiger partial charge in [0.25, 0.3) is 0 Å². The molecule has 0 N–H and O–H groups in total. The quantitative estimate of drug-likeness (QED) is 0.460. The van der Waals surface area contributed by atoms with Crippen molar-refractivity contribution in [3.05, 3.63) is 84.4 Å². The predicted octanol–water partition coefficient (Wildman–Crippen LogP) is 5.45. The first-order chi connectivity index (χ1) is 11.8. The van der Waals surface area contributed by atoms with E-state index in [0.29, 0.717) is 5.56 Å². The lowest BCUT2D eigenvalue weighted by molar-refractivity contribution is 0.0604. The normalized spacial score (nSPS) is 10.9. The Balaban J connectivity index is 2.02. The zero-order chi connectivity index (χ0) is 16.5. The van der Waals surface area contributed by atoms with Gasteiger partial charge in [-0.15, -0.1) is 0 Å². The summed E-state index contributed by atoms with van der Waals surface area (Å²) in [7, 11) is 1.42. The van der Waals surface area contributed by atoms with Gasteiger partial charge in [-0.2, -0.15) is 0 Å². The van der Waals surface area contributed by atoms with Gasteiger partial charge in [0, 0.05) is 0 Å². The summed E-state index contributed by atoms with van der Waals surface area (Å²) >= 11 is 0. The molecule has 0 aliphatic rings. The van der Waals surface area contributed by atoms with Crippen molar-refractivity contribution >= 4 is 27.5 Å². The fourth-order valence-electron chi connectivity index (χ4n) is 3.19. The summed E-state index contributed by atoms with van der Waals surface area (Å²) in [5, 5.41) is 4.28. The number of hydrogen-bond acceptors (Lipinski definition) is 2. The van der Waals surface area contributed by atoms with Gasteiger partial charge in [0.15, 0.2) is 0 Å². The average molecular weight is 312 g/mol. The molecule has 0 spiro atoms. The van der Waals surface area contributed by atoms with Gasteiger partial charge >= 0.3 is 5.97 Å². The van der Waals surface area contributed by atoms with Gasteiger partial charge in [-0.05, 0) is 38.7 Å². The summed E-state index contributed by atoms with van der Waals surface area (Å²) in [4.78, 5) is 12.5. The van der Waals surface area contributed by atoms with Crippen molar-refractivity contribution in [3.8, 4) is 11.1 Å². The highest BCUT2D eigenvalue weighted by Gasteiger charge is 2.17.